The summed E-state index contributed by atoms with van der Waals surface area (Å²) in [6.45, 7) is 7.79. The van der Waals surface area contributed by atoms with Gasteiger partial charge in [0.25, 0.3) is 0 Å². The number of benzene rings is 3. The molecule has 5 heteroatoms. The largest absolute Gasteiger partial charge is 0.382 e. The number of Topliss-reactive ketones (excluding diaryl/α,β-unsaturated/α-hetero) is 2. The van der Waals surface area contributed by atoms with Crippen LogP contribution in [0.3, 0.4) is 0 Å². The van der Waals surface area contributed by atoms with Gasteiger partial charge in [0, 0.05) is 30.8 Å². The van der Waals surface area contributed by atoms with Gasteiger partial charge in [0.15, 0.2) is 11.6 Å². The lowest BCUT2D eigenvalue weighted by atomic mass is 9.95. The lowest BCUT2D eigenvalue weighted by molar-refractivity contribution is 0.0487. The smallest absolute Gasteiger partial charge is 0.193 e. The molecule has 0 aliphatic heterocycles. The van der Waals surface area contributed by atoms with Crippen LogP contribution in [0.15, 0.2) is 78.9 Å². The van der Waals surface area contributed by atoms with Crippen LogP contribution in [0.25, 0.3) is 0 Å². The molecule has 0 aliphatic rings. The highest BCUT2D eigenvalue weighted by atomic mass is 16.3. The van der Waals surface area contributed by atoms with Crippen molar-refractivity contribution in [1.29, 1.82) is 0 Å². The molecule has 3 aromatic carbocycles. The first-order valence-corrected chi connectivity index (χ1v) is 11.4. The number of aliphatic hydroxyl groups is 2. The molecule has 2 N–H and O–H groups in total. The summed E-state index contributed by atoms with van der Waals surface area (Å²) in [6.07, 6.45) is 0. The van der Waals surface area contributed by atoms with Gasteiger partial charge in [-0.2, -0.15) is 0 Å². The Morgan fingerprint density at radius 2 is 1.00 bits per heavy atom. The van der Waals surface area contributed by atoms with E-state index in [1.54, 1.807) is 12.1 Å². The van der Waals surface area contributed by atoms with Gasteiger partial charge < -0.3 is 10.2 Å². The van der Waals surface area contributed by atoms with Gasteiger partial charge in [0.2, 0.25) is 0 Å². The standard InChI is InChI=1S/C29H33NO4/c1-28(2,33)26(31)24-14-8-12-22(16-24)19-30(18-21-10-6-5-7-11-21)20-23-13-9-15-25(17-23)27(32)29(3,4)34/h5-17,33-34H,18-20H2,1-4H3. The number of carbonyl (C=O) groups excluding carboxylic acids is 2. The average molecular weight is 460 g/mol. The third-order valence-corrected chi connectivity index (χ3v) is 5.55. The summed E-state index contributed by atoms with van der Waals surface area (Å²) in [5.74, 6) is -0.636. The van der Waals surface area contributed by atoms with Gasteiger partial charge in [0.1, 0.15) is 11.2 Å². The molecule has 0 unspecified atom stereocenters. The van der Waals surface area contributed by atoms with E-state index in [4.69, 9.17) is 0 Å². The first kappa shape index (κ1) is 25.5. The minimum atomic E-state index is -1.43. The number of hydrogen-bond acceptors (Lipinski definition) is 5. The molecule has 0 aromatic heterocycles. The number of carbonyl (C=O) groups is 2. The molecular weight excluding hydrogens is 426 g/mol. The third kappa shape index (κ3) is 6.94. The molecular formula is C29H33NO4. The summed E-state index contributed by atoms with van der Waals surface area (Å²) in [7, 11) is 0. The van der Waals surface area contributed by atoms with Crippen molar-refractivity contribution in [2.24, 2.45) is 0 Å². The van der Waals surface area contributed by atoms with Gasteiger partial charge in [-0.25, -0.2) is 0 Å². The molecule has 0 radical (unpaired) electrons. The van der Waals surface area contributed by atoms with E-state index in [1.165, 1.54) is 27.7 Å². The van der Waals surface area contributed by atoms with Crippen molar-refractivity contribution < 1.29 is 19.8 Å². The molecule has 0 spiro atoms. The zero-order valence-corrected chi connectivity index (χ0v) is 20.3. The van der Waals surface area contributed by atoms with E-state index in [2.05, 4.69) is 17.0 Å². The summed E-state index contributed by atoms with van der Waals surface area (Å²) in [6, 6.07) is 24.8. The Morgan fingerprint density at radius 3 is 1.41 bits per heavy atom. The predicted octanol–water partition coefficient (Wildman–Crippen LogP) is 4.80. The third-order valence-electron chi connectivity index (χ3n) is 5.55. The fourth-order valence-corrected chi connectivity index (χ4v) is 3.85. The van der Waals surface area contributed by atoms with Crippen LogP contribution < -0.4 is 0 Å². The van der Waals surface area contributed by atoms with Crippen LogP contribution in [0.5, 0.6) is 0 Å². The molecule has 178 valence electrons. The van der Waals surface area contributed by atoms with Crippen molar-refractivity contribution >= 4 is 11.6 Å². The van der Waals surface area contributed by atoms with E-state index >= 15 is 0 Å². The number of hydrogen-bond donors (Lipinski definition) is 2. The molecule has 0 saturated heterocycles. The molecule has 0 amide bonds. The highest BCUT2D eigenvalue weighted by Crippen LogP contribution is 2.20. The van der Waals surface area contributed by atoms with Crippen LogP contribution >= 0.6 is 0 Å². The highest BCUT2D eigenvalue weighted by molar-refractivity contribution is 6.02. The van der Waals surface area contributed by atoms with Crippen LogP contribution in [0.1, 0.15) is 65.1 Å². The van der Waals surface area contributed by atoms with Gasteiger partial charge in [-0.1, -0.05) is 66.7 Å². The van der Waals surface area contributed by atoms with E-state index in [0.717, 1.165) is 16.7 Å². The van der Waals surface area contributed by atoms with Crippen LogP contribution in [-0.4, -0.2) is 37.9 Å². The molecule has 3 aromatic rings. The van der Waals surface area contributed by atoms with Gasteiger partial charge in [-0.3, -0.25) is 14.5 Å². The Morgan fingerprint density at radius 1 is 0.618 bits per heavy atom. The minimum Gasteiger partial charge on any atom is -0.382 e. The second-order valence-electron chi connectivity index (χ2n) is 9.81. The van der Waals surface area contributed by atoms with Crippen molar-refractivity contribution in [3.8, 4) is 0 Å². The maximum Gasteiger partial charge on any atom is 0.193 e. The van der Waals surface area contributed by atoms with E-state index in [-0.39, 0.29) is 11.6 Å². The quantitative estimate of drug-likeness (QED) is 0.426. The predicted molar refractivity (Wildman–Crippen MR) is 134 cm³/mol. The number of rotatable bonds is 10. The molecule has 0 heterocycles. The van der Waals surface area contributed by atoms with Crippen LogP contribution in [0.4, 0.5) is 0 Å². The van der Waals surface area contributed by atoms with Crippen LogP contribution in [0, 0.1) is 0 Å². The van der Waals surface area contributed by atoms with E-state index in [1.807, 2.05) is 54.6 Å². The van der Waals surface area contributed by atoms with Gasteiger partial charge in [0.05, 0.1) is 0 Å². The first-order valence-electron chi connectivity index (χ1n) is 11.4. The normalized spacial score (nSPS) is 12.1. The first-order chi connectivity index (χ1) is 15.9. The maximum absolute atomic E-state index is 12.6. The Hall–Kier alpha value is -3.12. The molecule has 0 saturated carbocycles. The van der Waals surface area contributed by atoms with Crippen molar-refractivity contribution in [2.45, 2.75) is 58.5 Å². The van der Waals surface area contributed by atoms with Gasteiger partial charge in [-0.15, -0.1) is 0 Å². The lowest BCUT2D eigenvalue weighted by Crippen LogP contribution is -2.31. The second-order valence-corrected chi connectivity index (χ2v) is 9.81. The summed E-state index contributed by atoms with van der Waals surface area (Å²) < 4.78 is 0. The van der Waals surface area contributed by atoms with Gasteiger partial charge in [-0.05, 0) is 56.5 Å². The molecule has 5 nitrogen and oxygen atoms in total. The minimum absolute atomic E-state index is 0.318. The van der Waals surface area contributed by atoms with Gasteiger partial charge >= 0.3 is 0 Å². The van der Waals surface area contributed by atoms with Crippen molar-refractivity contribution in [1.82, 2.24) is 4.90 Å². The topological polar surface area (TPSA) is 77.8 Å². The fraction of sp³-hybridized carbons (Fsp3) is 0.310. The second kappa shape index (κ2) is 10.4. The summed E-state index contributed by atoms with van der Waals surface area (Å²) in [4.78, 5) is 27.3. The summed E-state index contributed by atoms with van der Waals surface area (Å²) >= 11 is 0. The zero-order valence-electron chi connectivity index (χ0n) is 20.3. The monoisotopic (exact) mass is 459 g/mol. The highest BCUT2D eigenvalue weighted by Gasteiger charge is 2.26. The van der Waals surface area contributed by atoms with Crippen LogP contribution in [0.2, 0.25) is 0 Å². The molecule has 34 heavy (non-hydrogen) atoms. The summed E-state index contributed by atoms with van der Waals surface area (Å²) in [5.41, 5.74) is 1.13. The average Bonchev–Trinajstić information content (AvgIpc) is 2.78. The van der Waals surface area contributed by atoms with Crippen LogP contribution in [-0.2, 0) is 19.6 Å². The molecule has 0 fully saturated rings. The van der Waals surface area contributed by atoms with Crippen molar-refractivity contribution in [3.05, 3.63) is 107 Å². The Labute approximate surface area is 201 Å². The zero-order chi connectivity index (χ0) is 24.9. The van der Waals surface area contributed by atoms with E-state index in [0.29, 0.717) is 30.8 Å². The Balaban J connectivity index is 1.87. The molecule has 0 atom stereocenters. The number of nitrogens with zero attached hydrogens (tertiary/aromatic N) is 1. The summed E-state index contributed by atoms with van der Waals surface area (Å²) in [5, 5.41) is 20.2. The lowest BCUT2D eigenvalue weighted by Gasteiger charge is -2.24. The van der Waals surface area contributed by atoms with E-state index < -0.39 is 11.2 Å². The SMILES string of the molecule is CC(C)(O)C(=O)c1cccc(CN(Cc2ccccc2)Cc2cccc(C(=O)C(C)(C)O)c2)c1. The maximum atomic E-state index is 12.6. The van der Waals surface area contributed by atoms with Crippen molar-refractivity contribution in [2.75, 3.05) is 0 Å². The van der Waals surface area contributed by atoms with E-state index in [9.17, 15) is 19.8 Å². The molecule has 0 aliphatic carbocycles. The number of ketones is 2. The Kier molecular flexibility index (Phi) is 7.82. The van der Waals surface area contributed by atoms with Crippen molar-refractivity contribution in [3.63, 3.8) is 0 Å². The molecule has 3 rings (SSSR count). The fourth-order valence-electron chi connectivity index (χ4n) is 3.85. The molecule has 0 bridgehead atoms. The Bertz CT molecular complexity index is 1070.